The van der Waals surface area contributed by atoms with E-state index in [-0.39, 0.29) is 28.5 Å². The first-order valence-corrected chi connectivity index (χ1v) is 12.0. The van der Waals surface area contributed by atoms with Gasteiger partial charge in [-0.2, -0.15) is 0 Å². The van der Waals surface area contributed by atoms with Crippen LogP contribution in [0.1, 0.15) is 21.5 Å². The number of rotatable bonds is 6. The van der Waals surface area contributed by atoms with Crippen molar-refractivity contribution >= 4 is 27.6 Å². The molecule has 1 aliphatic rings. The fourth-order valence-corrected chi connectivity index (χ4v) is 5.28. The molecule has 0 spiro atoms. The number of benzene rings is 3. The fraction of sp³-hybridized carbons (Fsp3) is 0.192. The van der Waals surface area contributed by atoms with Gasteiger partial charge < -0.3 is 14.2 Å². The Morgan fingerprint density at radius 1 is 0.853 bits per heavy atom. The minimum Gasteiger partial charge on any atom is -0.497 e. The normalized spacial score (nSPS) is 14.6. The van der Waals surface area contributed by atoms with Crippen LogP contribution in [-0.4, -0.2) is 42.1 Å². The van der Waals surface area contributed by atoms with Gasteiger partial charge in [-0.05, 0) is 55.0 Å². The molecule has 0 aliphatic carbocycles. The van der Waals surface area contributed by atoms with Crippen molar-refractivity contribution in [3.8, 4) is 17.2 Å². The third-order valence-electron chi connectivity index (χ3n) is 5.68. The zero-order valence-corrected chi connectivity index (χ0v) is 20.2. The van der Waals surface area contributed by atoms with Gasteiger partial charge >= 0.3 is 0 Å². The first-order chi connectivity index (χ1) is 16.3. The van der Waals surface area contributed by atoms with Crippen LogP contribution in [0.25, 0.3) is 6.08 Å². The molecule has 1 heterocycles. The van der Waals surface area contributed by atoms with Crippen molar-refractivity contribution in [1.82, 2.24) is 0 Å². The summed E-state index contributed by atoms with van der Waals surface area (Å²) < 4.78 is 44.5. The molecule has 0 fully saturated rings. The van der Waals surface area contributed by atoms with E-state index in [1.54, 1.807) is 73.8 Å². The highest BCUT2D eigenvalue weighted by Gasteiger charge is 2.35. The highest BCUT2D eigenvalue weighted by atomic mass is 32.2. The molecule has 0 aromatic heterocycles. The van der Waals surface area contributed by atoms with Gasteiger partial charge in [0, 0.05) is 17.2 Å². The smallest absolute Gasteiger partial charge is 0.264 e. The number of fused-ring (bicyclic) bond motifs is 1. The standard InChI is InChI=1S/C26H25NO6S/c1-17-5-9-21(10-6-17)34(29,30)27-16-19(13-18-7-12-24(32-3)25(14-18)33-4)26(28)22-11-8-20(31-2)15-23(22)27/h5-15H,16H2,1-4H3/b19-13+. The zero-order chi connectivity index (χ0) is 24.5. The summed E-state index contributed by atoms with van der Waals surface area (Å²) in [5, 5.41) is 0. The Labute approximate surface area is 199 Å². The molecule has 1 aliphatic heterocycles. The van der Waals surface area contributed by atoms with Gasteiger partial charge in [0.1, 0.15) is 5.75 Å². The van der Waals surface area contributed by atoms with E-state index in [0.29, 0.717) is 28.4 Å². The molecule has 3 aromatic carbocycles. The second kappa shape index (κ2) is 9.23. The third-order valence-corrected chi connectivity index (χ3v) is 7.46. The first kappa shape index (κ1) is 23.4. The van der Waals surface area contributed by atoms with Crippen molar-refractivity contribution in [3.05, 3.63) is 82.9 Å². The summed E-state index contributed by atoms with van der Waals surface area (Å²) in [6, 6.07) is 16.7. The average molecular weight is 480 g/mol. The van der Waals surface area contributed by atoms with Gasteiger partial charge in [0.15, 0.2) is 17.3 Å². The van der Waals surface area contributed by atoms with Gasteiger partial charge in [0.05, 0.1) is 38.5 Å². The molecule has 0 saturated carbocycles. The van der Waals surface area contributed by atoms with Crippen LogP contribution in [0.5, 0.6) is 17.2 Å². The molecule has 4 rings (SSSR count). The van der Waals surface area contributed by atoms with Gasteiger partial charge in [-0.3, -0.25) is 9.10 Å². The van der Waals surface area contributed by atoms with Crippen LogP contribution >= 0.6 is 0 Å². The monoisotopic (exact) mass is 479 g/mol. The number of hydrogen-bond donors (Lipinski definition) is 0. The number of nitrogens with zero attached hydrogens (tertiary/aromatic N) is 1. The van der Waals surface area contributed by atoms with E-state index < -0.39 is 10.0 Å². The molecule has 176 valence electrons. The molecular weight excluding hydrogens is 454 g/mol. The summed E-state index contributed by atoms with van der Waals surface area (Å²) >= 11 is 0. The molecule has 0 atom stereocenters. The van der Waals surface area contributed by atoms with E-state index in [0.717, 1.165) is 5.56 Å². The first-order valence-electron chi connectivity index (χ1n) is 10.5. The van der Waals surface area contributed by atoms with E-state index in [9.17, 15) is 13.2 Å². The quantitative estimate of drug-likeness (QED) is 0.485. The van der Waals surface area contributed by atoms with Crippen molar-refractivity contribution < 1.29 is 27.4 Å². The fourth-order valence-electron chi connectivity index (χ4n) is 3.83. The molecule has 34 heavy (non-hydrogen) atoms. The lowest BCUT2D eigenvalue weighted by molar-refractivity contribution is 0.103. The van der Waals surface area contributed by atoms with Crippen LogP contribution in [0.2, 0.25) is 0 Å². The summed E-state index contributed by atoms with van der Waals surface area (Å²) in [6.45, 7) is 1.77. The summed E-state index contributed by atoms with van der Waals surface area (Å²) in [4.78, 5) is 13.5. The number of anilines is 1. The van der Waals surface area contributed by atoms with Crippen LogP contribution in [0.3, 0.4) is 0 Å². The summed E-state index contributed by atoms with van der Waals surface area (Å²) in [5.41, 5.74) is 2.54. The van der Waals surface area contributed by atoms with E-state index in [1.165, 1.54) is 18.5 Å². The molecule has 0 amide bonds. The van der Waals surface area contributed by atoms with Crippen LogP contribution in [-0.2, 0) is 10.0 Å². The van der Waals surface area contributed by atoms with Crippen LogP contribution < -0.4 is 18.5 Å². The molecule has 0 saturated heterocycles. The molecule has 0 N–H and O–H groups in total. The predicted molar refractivity (Wildman–Crippen MR) is 131 cm³/mol. The van der Waals surface area contributed by atoms with Crippen molar-refractivity contribution in [2.24, 2.45) is 0 Å². The zero-order valence-electron chi connectivity index (χ0n) is 19.4. The third kappa shape index (κ3) is 4.24. The Kier molecular flexibility index (Phi) is 6.34. The summed E-state index contributed by atoms with van der Waals surface area (Å²) in [5.74, 6) is 1.28. The largest absolute Gasteiger partial charge is 0.497 e. The molecule has 0 radical (unpaired) electrons. The van der Waals surface area contributed by atoms with Gasteiger partial charge in [-0.25, -0.2) is 8.42 Å². The van der Waals surface area contributed by atoms with Crippen LogP contribution in [0, 0.1) is 6.92 Å². The molecule has 0 bridgehead atoms. The van der Waals surface area contributed by atoms with Crippen molar-refractivity contribution in [1.29, 1.82) is 0 Å². The maximum Gasteiger partial charge on any atom is 0.264 e. The van der Waals surface area contributed by atoms with Crippen molar-refractivity contribution in [2.75, 3.05) is 32.2 Å². The number of carbonyl (C=O) groups is 1. The second-order valence-electron chi connectivity index (χ2n) is 7.82. The van der Waals surface area contributed by atoms with Crippen molar-refractivity contribution in [2.45, 2.75) is 11.8 Å². The van der Waals surface area contributed by atoms with Gasteiger partial charge in [-0.1, -0.05) is 23.8 Å². The van der Waals surface area contributed by atoms with E-state index in [4.69, 9.17) is 14.2 Å². The highest BCUT2D eigenvalue weighted by Crippen LogP contribution is 2.37. The highest BCUT2D eigenvalue weighted by molar-refractivity contribution is 7.92. The van der Waals surface area contributed by atoms with E-state index in [2.05, 4.69) is 0 Å². The average Bonchev–Trinajstić information content (AvgIpc) is 2.85. The Morgan fingerprint density at radius 3 is 2.21 bits per heavy atom. The Bertz CT molecular complexity index is 1380. The molecule has 8 heteroatoms. The number of carbonyl (C=O) groups excluding carboxylic acids is 1. The lowest BCUT2D eigenvalue weighted by Crippen LogP contribution is -2.38. The SMILES string of the molecule is COc1ccc2c(c1)N(S(=O)(=O)c1ccc(C)cc1)C/C(=C\c1ccc(OC)c(OC)c1)C2=O. The number of Topliss-reactive ketones (excluding diaryl/α,β-unsaturated/α-hetero) is 1. The summed E-state index contributed by atoms with van der Waals surface area (Å²) in [7, 11) is 0.614. The van der Waals surface area contributed by atoms with Crippen molar-refractivity contribution in [3.63, 3.8) is 0 Å². The molecule has 3 aromatic rings. The Hall–Kier alpha value is -3.78. The van der Waals surface area contributed by atoms with Gasteiger partial charge in [0.25, 0.3) is 10.0 Å². The van der Waals surface area contributed by atoms with Crippen LogP contribution in [0.4, 0.5) is 5.69 Å². The predicted octanol–water partition coefficient (Wildman–Crippen LogP) is 4.50. The Morgan fingerprint density at radius 2 is 1.56 bits per heavy atom. The number of hydrogen-bond acceptors (Lipinski definition) is 6. The minimum atomic E-state index is -3.95. The number of methoxy groups -OCH3 is 3. The number of ether oxygens (including phenoxy) is 3. The number of ketones is 1. The minimum absolute atomic E-state index is 0.121. The van der Waals surface area contributed by atoms with E-state index >= 15 is 0 Å². The Balaban J connectivity index is 1.85. The number of sulfonamides is 1. The van der Waals surface area contributed by atoms with E-state index in [1.807, 2.05) is 6.92 Å². The van der Waals surface area contributed by atoms with Gasteiger partial charge in [0.2, 0.25) is 0 Å². The maximum absolute atomic E-state index is 13.7. The molecule has 7 nitrogen and oxygen atoms in total. The maximum atomic E-state index is 13.7. The second-order valence-corrected chi connectivity index (χ2v) is 9.68. The lowest BCUT2D eigenvalue weighted by atomic mass is 9.95. The number of aryl methyl sites for hydroxylation is 1. The summed E-state index contributed by atoms with van der Waals surface area (Å²) in [6.07, 6.45) is 1.68. The van der Waals surface area contributed by atoms with Gasteiger partial charge in [-0.15, -0.1) is 0 Å². The van der Waals surface area contributed by atoms with Crippen LogP contribution in [0.15, 0.2) is 71.1 Å². The topological polar surface area (TPSA) is 82.1 Å². The molecular formula is C26H25NO6S. The molecule has 0 unspecified atom stereocenters. The lowest BCUT2D eigenvalue weighted by Gasteiger charge is -2.31.